The summed E-state index contributed by atoms with van der Waals surface area (Å²) < 4.78 is 0. The number of allylic oxidation sites excluding steroid dienone is 1. The first-order chi connectivity index (χ1) is 9.95. The third-order valence-corrected chi connectivity index (χ3v) is 7.91. The van der Waals surface area contributed by atoms with Gasteiger partial charge in [0.25, 0.3) is 0 Å². The largest absolute Gasteiger partial charge is 0.393 e. The monoisotopic (exact) mass is 288 g/mol. The first-order valence-corrected chi connectivity index (χ1v) is 8.87. The number of carbonyl (C=O) groups is 1. The molecule has 116 valence electrons. The summed E-state index contributed by atoms with van der Waals surface area (Å²) in [6.07, 6.45) is 10.7. The van der Waals surface area contributed by atoms with Crippen molar-refractivity contribution in [2.45, 2.75) is 71.3 Å². The summed E-state index contributed by atoms with van der Waals surface area (Å²) in [5.74, 6) is 2.57. The summed E-state index contributed by atoms with van der Waals surface area (Å²) in [4.78, 5) is 11.8. The van der Waals surface area contributed by atoms with Gasteiger partial charge < -0.3 is 5.11 Å². The topological polar surface area (TPSA) is 37.3 Å². The molecule has 0 amide bonds. The van der Waals surface area contributed by atoms with Crippen molar-refractivity contribution in [2.75, 3.05) is 0 Å². The van der Waals surface area contributed by atoms with Gasteiger partial charge >= 0.3 is 0 Å². The summed E-state index contributed by atoms with van der Waals surface area (Å²) >= 11 is 0. The summed E-state index contributed by atoms with van der Waals surface area (Å²) in [5.41, 5.74) is 1.89. The summed E-state index contributed by atoms with van der Waals surface area (Å²) in [7, 11) is 0. The number of hydrogen-bond donors (Lipinski definition) is 1. The summed E-state index contributed by atoms with van der Waals surface area (Å²) in [6, 6.07) is 0. The predicted molar refractivity (Wildman–Crippen MR) is 82.7 cm³/mol. The highest BCUT2D eigenvalue weighted by molar-refractivity contribution is 5.91. The first-order valence-electron chi connectivity index (χ1n) is 8.87. The Bertz CT molecular complexity index is 508. The van der Waals surface area contributed by atoms with Crippen LogP contribution in [0.1, 0.15) is 65.2 Å². The van der Waals surface area contributed by atoms with Crippen molar-refractivity contribution in [3.05, 3.63) is 11.6 Å². The number of hydrogen-bond acceptors (Lipinski definition) is 2. The van der Waals surface area contributed by atoms with Crippen molar-refractivity contribution in [1.29, 1.82) is 0 Å². The molecule has 2 nitrogen and oxygen atoms in total. The number of aliphatic hydroxyl groups excluding tert-OH is 1. The van der Waals surface area contributed by atoms with Gasteiger partial charge in [0.2, 0.25) is 0 Å². The van der Waals surface area contributed by atoms with Crippen molar-refractivity contribution in [2.24, 2.45) is 28.6 Å². The molecule has 0 aromatic carbocycles. The van der Waals surface area contributed by atoms with Gasteiger partial charge in [0.1, 0.15) is 0 Å². The normalized spacial score (nSPS) is 52.7. The third kappa shape index (κ3) is 1.78. The van der Waals surface area contributed by atoms with Crippen molar-refractivity contribution >= 4 is 5.78 Å². The fourth-order valence-electron chi connectivity index (χ4n) is 6.53. The summed E-state index contributed by atoms with van der Waals surface area (Å²) in [6.45, 7) is 4.76. The van der Waals surface area contributed by atoms with Crippen LogP contribution < -0.4 is 0 Å². The van der Waals surface area contributed by atoms with E-state index in [4.69, 9.17) is 0 Å². The van der Waals surface area contributed by atoms with E-state index in [9.17, 15) is 9.90 Å². The standard InChI is InChI=1S/C19H28O2/c1-18-9-7-13(20)11-12(18)3-4-14-15-5-6-17(21)19(15,2)10-8-16(14)18/h11,14-17,21H,3-10H2,1-2H3/t14-,15+,16+,17+,18-,19+/m1/s1. The maximum atomic E-state index is 11.8. The maximum absolute atomic E-state index is 11.8. The molecule has 0 bridgehead atoms. The molecule has 0 spiro atoms. The second-order valence-electron chi connectivity index (χ2n) is 8.61. The van der Waals surface area contributed by atoms with Crippen LogP contribution in [0, 0.1) is 28.6 Å². The van der Waals surface area contributed by atoms with Crippen LogP contribution in [0.15, 0.2) is 11.6 Å². The zero-order valence-electron chi connectivity index (χ0n) is 13.4. The van der Waals surface area contributed by atoms with Crippen LogP contribution in [0.5, 0.6) is 0 Å². The van der Waals surface area contributed by atoms with Gasteiger partial charge in [0, 0.05) is 6.42 Å². The van der Waals surface area contributed by atoms with Crippen molar-refractivity contribution in [3.63, 3.8) is 0 Å². The lowest BCUT2D eigenvalue weighted by atomic mass is 9.47. The van der Waals surface area contributed by atoms with Crippen LogP contribution >= 0.6 is 0 Å². The van der Waals surface area contributed by atoms with E-state index in [1.54, 1.807) is 0 Å². The van der Waals surface area contributed by atoms with Gasteiger partial charge in [-0.05, 0) is 79.6 Å². The highest BCUT2D eigenvalue weighted by Gasteiger charge is 2.58. The average molecular weight is 288 g/mol. The van der Waals surface area contributed by atoms with Crippen LogP contribution in [0.3, 0.4) is 0 Å². The van der Waals surface area contributed by atoms with Crippen molar-refractivity contribution in [3.8, 4) is 0 Å². The molecular formula is C19H28O2. The quantitative estimate of drug-likeness (QED) is 0.734. The highest BCUT2D eigenvalue weighted by Crippen LogP contribution is 2.65. The van der Waals surface area contributed by atoms with Gasteiger partial charge in [-0.3, -0.25) is 4.79 Å². The predicted octanol–water partition coefficient (Wildman–Crippen LogP) is 3.88. The van der Waals surface area contributed by atoms with Crippen LogP contribution in [-0.4, -0.2) is 17.0 Å². The third-order valence-electron chi connectivity index (χ3n) is 7.91. The molecule has 0 radical (unpaired) electrons. The molecule has 0 aromatic rings. The van der Waals surface area contributed by atoms with Gasteiger partial charge in [-0.1, -0.05) is 19.4 Å². The number of rotatable bonds is 0. The second kappa shape index (κ2) is 4.44. The lowest BCUT2D eigenvalue weighted by molar-refractivity contribution is -0.118. The van der Waals surface area contributed by atoms with Crippen LogP contribution in [0.2, 0.25) is 0 Å². The second-order valence-corrected chi connectivity index (χ2v) is 8.61. The number of ketones is 1. The van der Waals surface area contributed by atoms with Crippen LogP contribution in [0.4, 0.5) is 0 Å². The Morgan fingerprint density at radius 1 is 1.05 bits per heavy atom. The van der Waals surface area contributed by atoms with E-state index in [1.165, 1.54) is 31.3 Å². The Hall–Kier alpha value is -0.630. The molecule has 4 rings (SSSR count). The molecule has 4 aliphatic rings. The Labute approximate surface area is 128 Å². The van der Waals surface area contributed by atoms with E-state index >= 15 is 0 Å². The minimum absolute atomic E-state index is 0.0823. The fraction of sp³-hybridized carbons (Fsp3) is 0.842. The molecule has 6 atom stereocenters. The van der Waals surface area contributed by atoms with Gasteiger partial charge in [-0.25, -0.2) is 0 Å². The Kier molecular flexibility index (Phi) is 2.96. The molecule has 4 aliphatic carbocycles. The molecular weight excluding hydrogens is 260 g/mol. The minimum Gasteiger partial charge on any atom is -0.393 e. The van der Waals surface area contributed by atoms with Gasteiger partial charge in [0.15, 0.2) is 5.78 Å². The summed E-state index contributed by atoms with van der Waals surface area (Å²) in [5, 5.41) is 10.4. The van der Waals surface area contributed by atoms with E-state index in [-0.39, 0.29) is 16.9 Å². The van der Waals surface area contributed by atoms with Crippen LogP contribution in [0.25, 0.3) is 0 Å². The highest BCUT2D eigenvalue weighted by atomic mass is 16.3. The van der Waals surface area contributed by atoms with Gasteiger partial charge in [0.05, 0.1) is 6.10 Å². The fourth-order valence-corrected chi connectivity index (χ4v) is 6.53. The first kappa shape index (κ1) is 14.0. The SMILES string of the molecule is C[C@]12CC[C@H]3[C@H](CCC4=CC(=O)CC[C@]43C)[C@@H]1CC[C@@H]2O. The number of fused-ring (bicyclic) bond motifs is 5. The van der Waals surface area contributed by atoms with Gasteiger partial charge in [-0.15, -0.1) is 0 Å². The van der Waals surface area contributed by atoms with E-state index in [0.717, 1.165) is 37.5 Å². The molecule has 0 heterocycles. The lowest BCUT2D eigenvalue weighted by Gasteiger charge is -2.57. The van der Waals surface area contributed by atoms with Crippen molar-refractivity contribution < 1.29 is 9.90 Å². The molecule has 0 unspecified atom stereocenters. The smallest absolute Gasteiger partial charge is 0.155 e. The minimum atomic E-state index is -0.0823. The lowest BCUT2D eigenvalue weighted by Crippen LogP contribution is -2.51. The van der Waals surface area contributed by atoms with Gasteiger partial charge in [-0.2, -0.15) is 0 Å². The Morgan fingerprint density at radius 3 is 2.67 bits per heavy atom. The molecule has 1 N–H and O–H groups in total. The molecule has 0 saturated heterocycles. The van der Waals surface area contributed by atoms with E-state index < -0.39 is 0 Å². The van der Waals surface area contributed by atoms with Crippen molar-refractivity contribution in [1.82, 2.24) is 0 Å². The number of aliphatic hydroxyl groups is 1. The van der Waals surface area contributed by atoms with E-state index in [0.29, 0.717) is 11.7 Å². The number of carbonyl (C=O) groups excluding carboxylic acids is 1. The Morgan fingerprint density at radius 2 is 1.86 bits per heavy atom. The molecule has 0 aliphatic heterocycles. The average Bonchev–Trinajstić information content (AvgIpc) is 2.76. The molecule has 0 aromatic heterocycles. The molecule has 3 fully saturated rings. The van der Waals surface area contributed by atoms with Crippen LogP contribution in [-0.2, 0) is 4.79 Å². The molecule has 3 saturated carbocycles. The Balaban J connectivity index is 1.69. The zero-order chi connectivity index (χ0) is 14.8. The van der Waals surface area contributed by atoms with E-state index in [2.05, 4.69) is 13.8 Å². The maximum Gasteiger partial charge on any atom is 0.155 e. The zero-order valence-corrected chi connectivity index (χ0v) is 13.4. The molecule has 21 heavy (non-hydrogen) atoms. The molecule has 2 heteroatoms. The van der Waals surface area contributed by atoms with E-state index in [1.807, 2.05) is 6.08 Å².